The second kappa shape index (κ2) is 10.5. The summed E-state index contributed by atoms with van der Waals surface area (Å²) >= 11 is 0. The Kier molecular flexibility index (Phi) is 7.03. The van der Waals surface area contributed by atoms with Crippen LogP contribution in [0.2, 0.25) is 0 Å². The van der Waals surface area contributed by atoms with Gasteiger partial charge in [-0.25, -0.2) is 4.79 Å². The summed E-state index contributed by atoms with van der Waals surface area (Å²) in [6.07, 6.45) is 0.0547. The van der Waals surface area contributed by atoms with Gasteiger partial charge in [0, 0.05) is 12.0 Å². The van der Waals surface area contributed by atoms with E-state index in [-0.39, 0.29) is 13.0 Å². The number of nitrogens with zero attached hydrogens (tertiary/aromatic N) is 1. The molecule has 4 aromatic rings. The highest BCUT2D eigenvalue weighted by molar-refractivity contribution is 5.91. The molecule has 0 bridgehead atoms. The lowest BCUT2D eigenvalue weighted by Gasteiger charge is -2.08. The fourth-order valence-corrected chi connectivity index (χ4v) is 3.57. The highest BCUT2D eigenvalue weighted by Gasteiger charge is 2.18. The van der Waals surface area contributed by atoms with Gasteiger partial charge in [0.05, 0.1) is 13.0 Å². The van der Waals surface area contributed by atoms with Gasteiger partial charge in [0.2, 0.25) is 0 Å². The molecule has 1 aromatic heterocycles. The molecule has 1 amide bonds. The van der Waals surface area contributed by atoms with E-state index in [1.165, 1.54) is 0 Å². The van der Waals surface area contributed by atoms with E-state index in [9.17, 15) is 9.59 Å². The van der Waals surface area contributed by atoms with Crippen molar-refractivity contribution in [1.82, 2.24) is 5.16 Å². The normalized spacial score (nSPS) is 10.6. The number of amides is 1. The highest BCUT2D eigenvalue weighted by atomic mass is 16.5. The van der Waals surface area contributed by atoms with Crippen molar-refractivity contribution in [3.63, 3.8) is 0 Å². The number of aromatic nitrogens is 1. The van der Waals surface area contributed by atoms with Gasteiger partial charge < -0.3 is 14.4 Å². The van der Waals surface area contributed by atoms with Crippen molar-refractivity contribution in [2.24, 2.45) is 0 Å². The lowest BCUT2D eigenvalue weighted by molar-refractivity contribution is -0.136. The smallest absolute Gasteiger partial charge is 0.411 e. The summed E-state index contributed by atoms with van der Waals surface area (Å²) in [7, 11) is 0. The second-order valence-electron chi connectivity index (χ2n) is 7.80. The van der Waals surface area contributed by atoms with E-state index in [0.717, 1.165) is 27.8 Å². The lowest BCUT2D eigenvalue weighted by Crippen LogP contribution is -2.16. The third kappa shape index (κ3) is 5.69. The summed E-state index contributed by atoms with van der Waals surface area (Å²) in [5.41, 5.74) is 5.54. The minimum absolute atomic E-state index is 0.00477. The van der Waals surface area contributed by atoms with Crippen molar-refractivity contribution in [1.29, 1.82) is 0 Å². The van der Waals surface area contributed by atoms with E-state index in [1.807, 2.05) is 78.9 Å². The summed E-state index contributed by atoms with van der Waals surface area (Å²) in [6, 6.07) is 24.9. The standard InChI is InChI=1S/C27H24N2O5/c1-18-25(28-27(32)33-16-15-19-5-3-2-4-6-19)26(29-34-18)23-13-11-22(12-14-23)21-9-7-20(8-10-21)17-24(30)31/h2-14H,15-17H2,1H3,(H,28,32)(H,30,31). The lowest BCUT2D eigenvalue weighted by atomic mass is 10.0. The number of anilines is 1. The molecule has 0 spiro atoms. The number of hydrogen-bond acceptors (Lipinski definition) is 5. The van der Waals surface area contributed by atoms with E-state index in [4.69, 9.17) is 14.4 Å². The fourth-order valence-electron chi connectivity index (χ4n) is 3.57. The quantitative estimate of drug-likeness (QED) is 0.351. The summed E-state index contributed by atoms with van der Waals surface area (Å²) in [5.74, 6) is -0.377. The van der Waals surface area contributed by atoms with Crippen LogP contribution < -0.4 is 5.32 Å². The predicted octanol–water partition coefficient (Wildman–Crippen LogP) is 5.74. The highest BCUT2D eigenvalue weighted by Crippen LogP contribution is 2.32. The maximum absolute atomic E-state index is 12.3. The van der Waals surface area contributed by atoms with E-state index < -0.39 is 12.1 Å². The zero-order valence-corrected chi connectivity index (χ0v) is 18.7. The molecule has 0 aliphatic heterocycles. The van der Waals surface area contributed by atoms with Crippen LogP contribution in [0.4, 0.5) is 10.5 Å². The number of carbonyl (C=O) groups is 2. The minimum atomic E-state index is -0.857. The van der Waals surface area contributed by atoms with Crippen LogP contribution in [0.15, 0.2) is 83.4 Å². The first-order chi connectivity index (χ1) is 16.5. The van der Waals surface area contributed by atoms with Crippen LogP contribution in [-0.4, -0.2) is 28.9 Å². The Morgan fingerprint density at radius 2 is 1.50 bits per heavy atom. The summed E-state index contributed by atoms with van der Waals surface area (Å²) in [4.78, 5) is 23.2. The number of carboxylic acids is 1. The molecule has 0 fully saturated rings. The monoisotopic (exact) mass is 456 g/mol. The summed E-state index contributed by atoms with van der Waals surface area (Å²) in [6.45, 7) is 1.98. The molecule has 0 aliphatic carbocycles. The minimum Gasteiger partial charge on any atom is -0.481 e. The van der Waals surface area contributed by atoms with Gasteiger partial charge in [0.15, 0.2) is 5.76 Å². The molecule has 0 saturated carbocycles. The molecule has 7 heteroatoms. The Labute approximate surface area is 197 Å². The Morgan fingerprint density at radius 1 is 0.882 bits per heavy atom. The number of hydrogen-bond donors (Lipinski definition) is 2. The molecule has 172 valence electrons. The molecule has 1 heterocycles. The molecule has 0 atom stereocenters. The van der Waals surface area contributed by atoms with Crippen molar-refractivity contribution in [2.45, 2.75) is 19.8 Å². The van der Waals surface area contributed by atoms with Gasteiger partial charge in [0.25, 0.3) is 0 Å². The maximum Gasteiger partial charge on any atom is 0.411 e. The third-order valence-corrected chi connectivity index (χ3v) is 5.36. The fraction of sp³-hybridized carbons (Fsp3) is 0.148. The number of carbonyl (C=O) groups excluding carboxylic acids is 1. The molecule has 4 rings (SSSR count). The van der Waals surface area contributed by atoms with E-state index in [2.05, 4.69) is 10.5 Å². The molecule has 34 heavy (non-hydrogen) atoms. The number of nitrogens with one attached hydrogen (secondary N) is 1. The summed E-state index contributed by atoms with van der Waals surface area (Å²) < 4.78 is 10.6. The second-order valence-corrected chi connectivity index (χ2v) is 7.80. The molecule has 0 saturated heterocycles. The van der Waals surface area contributed by atoms with E-state index >= 15 is 0 Å². The Morgan fingerprint density at radius 3 is 2.15 bits per heavy atom. The van der Waals surface area contributed by atoms with Crippen LogP contribution in [0.1, 0.15) is 16.9 Å². The topological polar surface area (TPSA) is 102 Å². The molecule has 3 aromatic carbocycles. The number of ether oxygens (including phenoxy) is 1. The van der Waals surface area contributed by atoms with Crippen molar-refractivity contribution >= 4 is 17.7 Å². The molecule has 0 radical (unpaired) electrons. The van der Waals surface area contributed by atoms with Gasteiger partial charge in [-0.3, -0.25) is 10.1 Å². The van der Waals surface area contributed by atoms with Crippen LogP contribution >= 0.6 is 0 Å². The van der Waals surface area contributed by atoms with Crippen LogP contribution in [-0.2, 0) is 22.4 Å². The van der Waals surface area contributed by atoms with Crippen LogP contribution in [0.3, 0.4) is 0 Å². The first-order valence-corrected chi connectivity index (χ1v) is 10.8. The molecular formula is C27H24N2O5. The first kappa shape index (κ1) is 22.8. The number of aryl methyl sites for hydroxylation is 1. The van der Waals surface area contributed by atoms with Crippen LogP contribution in [0.5, 0.6) is 0 Å². The Balaban J connectivity index is 1.42. The molecule has 0 aliphatic rings. The van der Waals surface area contributed by atoms with E-state index in [1.54, 1.807) is 6.92 Å². The van der Waals surface area contributed by atoms with Crippen molar-refractivity contribution in [3.8, 4) is 22.4 Å². The zero-order chi connectivity index (χ0) is 23.9. The molecule has 7 nitrogen and oxygen atoms in total. The first-order valence-electron chi connectivity index (χ1n) is 10.8. The maximum atomic E-state index is 12.3. The van der Waals surface area contributed by atoms with Gasteiger partial charge in [0.1, 0.15) is 11.4 Å². The van der Waals surface area contributed by atoms with Crippen molar-refractivity contribution < 1.29 is 24.0 Å². The average molecular weight is 456 g/mol. The van der Waals surface area contributed by atoms with Crippen molar-refractivity contribution in [2.75, 3.05) is 11.9 Å². The average Bonchev–Trinajstić information content (AvgIpc) is 3.20. The van der Waals surface area contributed by atoms with Crippen LogP contribution in [0.25, 0.3) is 22.4 Å². The Hall–Kier alpha value is -4.39. The van der Waals surface area contributed by atoms with Gasteiger partial charge >= 0.3 is 12.1 Å². The van der Waals surface area contributed by atoms with E-state index in [0.29, 0.717) is 23.6 Å². The van der Waals surface area contributed by atoms with Crippen molar-refractivity contribution in [3.05, 3.63) is 95.7 Å². The van der Waals surface area contributed by atoms with Gasteiger partial charge in [-0.2, -0.15) is 0 Å². The third-order valence-electron chi connectivity index (χ3n) is 5.36. The molecule has 2 N–H and O–H groups in total. The zero-order valence-electron chi connectivity index (χ0n) is 18.7. The van der Waals surface area contributed by atoms with Gasteiger partial charge in [-0.05, 0) is 29.2 Å². The Bertz CT molecular complexity index is 1260. The molecular weight excluding hydrogens is 432 g/mol. The SMILES string of the molecule is Cc1onc(-c2ccc(-c3ccc(CC(=O)O)cc3)cc2)c1NC(=O)OCCc1ccccc1. The molecule has 0 unspecified atom stereocenters. The largest absolute Gasteiger partial charge is 0.481 e. The summed E-state index contributed by atoms with van der Waals surface area (Å²) in [5, 5.41) is 15.8. The van der Waals surface area contributed by atoms with Gasteiger partial charge in [-0.15, -0.1) is 0 Å². The number of benzene rings is 3. The van der Waals surface area contributed by atoms with Gasteiger partial charge in [-0.1, -0.05) is 84.0 Å². The number of rotatable bonds is 8. The van der Waals surface area contributed by atoms with Crippen LogP contribution in [0, 0.1) is 6.92 Å². The predicted molar refractivity (Wildman–Crippen MR) is 129 cm³/mol. The number of carboxylic acid groups (broad SMARTS) is 1. The number of aliphatic carboxylic acids is 1.